The molecule has 1 unspecified atom stereocenters. The van der Waals surface area contributed by atoms with Crippen LogP contribution in [0.1, 0.15) is 18.6 Å². The molecule has 0 aliphatic heterocycles. The number of rotatable bonds is 3. The molecule has 0 saturated heterocycles. The highest BCUT2D eigenvalue weighted by Gasteiger charge is 2.09. The maximum absolute atomic E-state index is 9.93. The van der Waals surface area contributed by atoms with Crippen molar-refractivity contribution in [1.29, 1.82) is 0 Å². The third kappa shape index (κ3) is 26.8. The Labute approximate surface area is 323 Å². The fourth-order valence-electron chi connectivity index (χ4n) is 2.30. The highest BCUT2D eigenvalue weighted by atomic mass is 16.5. The van der Waals surface area contributed by atoms with E-state index in [9.17, 15) is 5.11 Å². The molecule has 0 bridgehead atoms. The van der Waals surface area contributed by atoms with Crippen LogP contribution in [-0.4, -0.2) is 5.11 Å². The smallest absolute Gasteiger partial charge is 0.184 e. The minimum absolute atomic E-state index is 0.194. The van der Waals surface area contributed by atoms with Crippen LogP contribution in [0.3, 0.4) is 0 Å². The second-order valence-electron chi connectivity index (χ2n) is 7.83. The van der Waals surface area contributed by atoms with Gasteiger partial charge in [0.1, 0.15) is 12.2 Å². The zero-order valence-corrected chi connectivity index (χ0v) is 28.2. The van der Waals surface area contributed by atoms with Crippen molar-refractivity contribution in [2.24, 2.45) is 0 Å². The van der Waals surface area contributed by atoms with Crippen LogP contribution < -0.4 is 9.47 Å². The Hall–Kier alpha value is -10.9. The molecule has 0 heterocycles. The molecule has 1 N–H and O–H groups in total. The molecule has 0 aliphatic rings. The van der Waals surface area contributed by atoms with Crippen LogP contribution in [0.5, 0.6) is 11.5 Å². The van der Waals surface area contributed by atoms with Gasteiger partial charge in [-0.2, -0.15) is 0 Å². The van der Waals surface area contributed by atoms with Gasteiger partial charge in [-0.1, -0.05) is 6.07 Å². The Bertz CT molecular complexity index is 3150. The van der Waals surface area contributed by atoms with Gasteiger partial charge in [0, 0.05) is 142 Å². The Balaban J connectivity index is 2.72. The fourth-order valence-corrected chi connectivity index (χ4v) is 2.30. The maximum atomic E-state index is 9.93. The van der Waals surface area contributed by atoms with Crippen molar-refractivity contribution >= 4 is 0 Å². The van der Waals surface area contributed by atoms with Crippen molar-refractivity contribution in [3.05, 3.63) is 23.8 Å². The number of terminal acetylenes is 2. The summed E-state index contributed by atoms with van der Waals surface area (Å²) in [5, 5.41) is 9.93. The quantitative estimate of drug-likeness (QED) is 0.495. The molecule has 0 aromatic heterocycles. The third-order valence-electron chi connectivity index (χ3n) is 4.27. The van der Waals surface area contributed by atoms with Gasteiger partial charge < -0.3 is 14.6 Å². The van der Waals surface area contributed by atoms with Crippen LogP contribution in [0, 0.1) is 262 Å². The molecule has 1 aromatic carbocycles. The number of benzene rings is 1. The molecule has 0 spiro atoms. The predicted octanol–water partition coefficient (Wildman–Crippen LogP) is 1.75. The Kier molecular flexibility index (Phi) is 25.3. The number of aliphatic hydroxyl groups is 1. The minimum atomic E-state index is -0.765. The first kappa shape index (κ1) is 42.1. The molecule has 0 aliphatic carbocycles. The fraction of sp³-hybridized carbons (Fsp3) is 0.0385. The first-order valence-electron chi connectivity index (χ1n) is 14.3. The lowest BCUT2D eigenvalue weighted by molar-refractivity contribution is 0.199. The van der Waals surface area contributed by atoms with Gasteiger partial charge in [-0.25, -0.2) is 0 Å². The number of hydrogen-bond donors (Lipinski definition) is 1. The molecular weight excluding hydrogens is 673 g/mol. The normalized spacial score (nSPS) is 5.89. The van der Waals surface area contributed by atoms with Crippen LogP contribution in [0.25, 0.3) is 0 Å². The average Bonchev–Trinajstić information content (AvgIpc) is 3.19. The number of aliphatic hydroxyl groups excluding tert-OH is 1. The van der Waals surface area contributed by atoms with Gasteiger partial charge in [-0.15, -0.1) is 12.8 Å². The van der Waals surface area contributed by atoms with E-state index in [0.29, 0.717) is 5.56 Å². The van der Waals surface area contributed by atoms with Crippen LogP contribution in [0.4, 0.5) is 0 Å². The molecule has 1 atom stereocenters. The van der Waals surface area contributed by atoms with E-state index in [4.69, 9.17) is 22.3 Å². The monoisotopic (exact) mass is 682 g/mol. The average molecular weight is 683 g/mol. The summed E-state index contributed by atoms with van der Waals surface area (Å²) in [5.41, 5.74) is 0.562. The summed E-state index contributed by atoms with van der Waals surface area (Å²) in [5.74, 6) is 98.7. The Morgan fingerprint density at radius 3 is 0.855 bits per heavy atom. The van der Waals surface area contributed by atoms with Crippen molar-refractivity contribution in [2.75, 3.05) is 0 Å². The zero-order chi connectivity index (χ0) is 39.5. The standard InChI is InChI=1S/C52H10O3/c1-4-6-8-10-12-14-16-18-20-22-24-26-28-30-32-34-36-38-40-42-46-54-51-45-44-50(49(3)53)48-52(51)55-47-43-41-39-37-35-33-31-29-27-25-23-21-19-17-15-13-11-9-7-5-2/h1-2,44-45,48-49,53H,3H3. The van der Waals surface area contributed by atoms with Gasteiger partial charge in [0.25, 0.3) is 0 Å². The highest BCUT2D eigenvalue weighted by molar-refractivity contribution is 5.50. The van der Waals surface area contributed by atoms with E-state index in [-0.39, 0.29) is 11.5 Å². The molecule has 1 aromatic rings. The molecule has 3 nitrogen and oxygen atoms in total. The molecule has 0 saturated carbocycles. The van der Waals surface area contributed by atoms with E-state index < -0.39 is 6.10 Å². The topological polar surface area (TPSA) is 38.7 Å². The van der Waals surface area contributed by atoms with E-state index in [1.54, 1.807) is 25.1 Å². The van der Waals surface area contributed by atoms with Gasteiger partial charge >= 0.3 is 0 Å². The molecular formula is C52H10O3. The summed E-state index contributed by atoms with van der Waals surface area (Å²) in [6, 6.07) is 4.75. The molecule has 236 valence electrons. The largest absolute Gasteiger partial charge is 0.403 e. The van der Waals surface area contributed by atoms with Crippen LogP contribution in [-0.2, 0) is 0 Å². The van der Waals surface area contributed by atoms with Crippen molar-refractivity contribution < 1.29 is 14.6 Å². The van der Waals surface area contributed by atoms with Crippen LogP contribution in [0.15, 0.2) is 18.2 Å². The Morgan fingerprint density at radius 2 is 0.600 bits per heavy atom. The second-order valence-corrected chi connectivity index (χ2v) is 7.83. The van der Waals surface area contributed by atoms with Crippen molar-refractivity contribution in [1.82, 2.24) is 0 Å². The van der Waals surface area contributed by atoms with E-state index in [1.807, 2.05) is 0 Å². The van der Waals surface area contributed by atoms with E-state index in [0.717, 1.165) is 0 Å². The predicted molar refractivity (Wildman–Crippen MR) is 212 cm³/mol. The minimum Gasteiger partial charge on any atom is -0.403 e. The van der Waals surface area contributed by atoms with Gasteiger partial charge in [0.05, 0.1) is 6.10 Å². The SMILES string of the molecule is C#CC#CC#CC#CC#CC#CC#CC#CC#CC#CC#COc1ccc(C(C)O)cc1OC#CC#CC#CC#CC#CC#CC#CC#CC#CC#CC#C. The molecule has 0 amide bonds. The number of ether oxygens (including phenoxy) is 2. The molecule has 55 heavy (non-hydrogen) atoms. The summed E-state index contributed by atoms with van der Waals surface area (Å²) >= 11 is 0. The lowest BCUT2D eigenvalue weighted by Crippen LogP contribution is -1.95. The summed E-state index contributed by atoms with van der Waals surface area (Å²) < 4.78 is 10.8. The third-order valence-corrected chi connectivity index (χ3v) is 4.27. The molecule has 3 heteroatoms. The lowest BCUT2D eigenvalue weighted by Gasteiger charge is -2.08. The highest BCUT2D eigenvalue weighted by Crippen LogP contribution is 2.30. The van der Waals surface area contributed by atoms with E-state index in [2.05, 4.69) is 249 Å². The van der Waals surface area contributed by atoms with Crippen molar-refractivity contribution in [2.45, 2.75) is 13.0 Å². The van der Waals surface area contributed by atoms with Crippen LogP contribution >= 0.6 is 0 Å². The Morgan fingerprint density at radius 1 is 0.364 bits per heavy atom. The maximum Gasteiger partial charge on any atom is 0.184 e. The summed E-state index contributed by atoms with van der Waals surface area (Å²) in [7, 11) is 0. The van der Waals surface area contributed by atoms with Gasteiger partial charge in [0.2, 0.25) is 0 Å². The van der Waals surface area contributed by atoms with Gasteiger partial charge in [-0.05, 0) is 119 Å². The van der Waals surface area contributed by atoms with Gasteiger partial charge in [0.15, 0.2) is 11.5 Å². The van der Waals surface area contributed by atoms with Crippen LogP contribution in [0.2, 0.25) is 0 Å². The first-order valence-corrected chi connectivity index (χ1v) is 14.3. The zero-order valence-electron chi connectivity index (χ0n) is 28.2. The molecule has 0 radical (unpaired) electrons. The first-order chi connectivity index (χ1) is 27.2. The summed E-state index contributed by atoms with van der Waals surface area (Å²) in [6.45, 7) is 1.60. The number of hydrogen-bond acceptors (Lipinski definition) is 3. The van der Waals surface area contributed by atoms with Gasteiger partial charge in [-0.3, -0.25) is 0 Å². The van der Waals surface area contributed by atoms with E-state index >= 15 is 0 Å². The summed E-state index contributed by atoms with van der Waals surface area (Å²) in [4.78, 5) is 0. The van der Waals surface area contributed by atoms with Crippen molar-refractivity contribution in [3.8, 4) is 273 Å². The van der Waals surface area contributed by atoms with E-state index in [1.165, 1.54) is 0 Å². The lowest BCUT2D eigenvalue weighted by atomic mass is 10.1. The van der Waals surface area contributed by atoms with Crippen molar-refractivity contribution in [3.63, 3.8) is 0 Å². The summed E-state index contributed by atoms with van der Waals surface area (Å²) in [6.07, 6.45) is 14.0. The molecule has 1 rings (SSSR count). The second kappa shape index (κ2) is 33.0. The molecule has 0 fully saturated rings.